The second-order valence-corrected chi connectivity index (χ2v) is 6.75. The lowest BCUT2D eigenvalue weighted by Gasteiger charge is -2.09. The van der Waals surface area contributed by atoms with Crippen molar-refractivity contribution >= 4 is 30.6 Å². The fourth-order valence-corrected chi connectivity index (χ4v) is 3.05. The molecule has 3 aromatic rings. The van der Waals surface area contributed by atoms with Gasteiger partial charge >= 0.3 is 0 Å². The molecule has 0 spiro atoms. The normalized spacial score (nSPS) is 9.83. The number of benzene rings is 3. The molecule has 0 aromatic heterocycles. The third-order valence-electron chi connectivity index (χ3n) is 4.76. The Kier molecular flexibility index (Phi) is 11.1. The molecule has 0 aliphatic heterocycles. The summed E-state index contributed by atoms with van der Waals surface area (Å²) >= 11 is 0. The van der Waals surface area contributed by atoms with Crippen LogP contribution in [-0.2, 0) is 25.8 Å². The van der Waals surface area contributed by atoms with Gasteiger partial charge in [0, 0.05) is 18.7 Å². The number of nitrogens with one attached hydrogen (secondary N) is 2. The maximum atomic E-state index is 8.22. The van der Waals surface area contributed by atoms with Crippen molar-refractivity contribution in [1.82, 2.24) is 5.32 Å². The van der Waals surface area contributed by atoms with Crippen molar-refractivity contribution in [2.75, 3.05) is 6.54 Å². The zero-order valence-electron chi connectivity index (χ0n) is 16.4. The minimum atomic E-state index is 0. The second-order valence-electron chi connectivity index (χ2n) is 6.75. The predicted molar refractivity (Wildman–Crippen MR) is 128 cm³/mol. The molecule has 0 bridgehead atoms. The summed E-state index contributed by atoms with van der Waals surface area (Å²) in [6, 6.07) is 27.2. The van der Waals surface area contributed by atoms with Gasteiger partial charge in [0.25, 0.3) is 0 Å². The van der Waals surface area contributed by atoms with Crippen LogP contribution in [0.1, 0.15) is 27.8 Å². The maximum absolute atomic E-state index is 8.22. The monoisotopic (exact) mass is 429 g/mol. The van der Waals surface area contributed by atoms with E-state index in [0.717, 1.165) is 31.4 Å². The van der Waals surface area contributed by atoms with Gasteiger partial charge in [0.05, 0.1) is 0 Å². The van der Waals surface area contributed by atoms with Crippen LogP contribution in [0.25, 0.3) is 0 Å². The Bertz CT molecular complexity index is 848. The smallest absolute Gasteiger partial charge is 0.125 e. The van der Waals surface area contributed by atoms with Gasteiger partial charge in [-0.25, -0.2) is 0 Å². The summed E-state index contributed by atoms with van der Waals surface area (Å²) in [5, 5.41) is 11.4. The molecule has 0 aliphatic carbocycles. The summed E-state index contributed by atoms with van der Waals surface area (Å²) in [6.45, 7) is 1.36. The van der Waals surface area contributed by atoms with Crippen molar-refractivity contribution in [2.45, 2.75) is 25.8 Å². The number of halogens is 2. The van der Waals surface area contributed by atoms with E-state index >= 15 is 0 Å². The first kappa shape index (κ1) is 24.7. The lowest BCUT2D eigenvalue weighted by Crippen LogP contribution is -2.25. The highest BCUT2D eigenvalue weighted by Gasteiger charge is 2.02. The Hall–Kier alpha value is -2.33. The van der Waals surface area contributed by atoms with Gasteiger partial charge in [0.1, 0.15) is 5.84 Å². The summed E-state index contributed by atoms with van der Waals surface area (Å²) in [5.74, 6) is 0.481. The van der Waals surface area contributed by atoms with Crippen molar-refractivity contribution in [1.29, 1.82) is 5.41 Å². The maximum Gasteiger partial charge on any atom is 0.125 e. The molecule has 5 heteroatoms. The van der Waals surface area contributed by atoms with Gasteiger partial charge in [0.2, 0.25) is 0 Å². The van der Waals surface area contributed by atoms with Crippen LogP contribution in [-0.4, -0.2) is 12.4 Å². The topological polar surface area (TPSA) is 61.9 Å². The largest absolute Gasteiger partial charge is 0.370 e. The lowest BCUT2D eigenvalue weighted by molar-refractivity contribution is 0.861. The first-order chi connectivity index (χ1) is 13.2. The summed E-state index contributed by atoms with van der Waals surface area (Å²) in [6.07, 6.45) is 2.93. The first-order valence-electron chi connectivity index (χ1n) is 9.48. The van der Waals surface area contributed by atoms with Gasteiger partial charge in [-0.1, -0.05) is 78.9 Å². The fourth-order valence-electron chi connectivity index (χ4n) is 3.05. The van der Waals surface area contributed by atoms with E-state index in [1.54, 1.807) is 0 Å². The van der Waals surface area contributed by atoms with Gasteiger partial charge in [-0.2, -0.15) is 0 Å². The first-order valence-corrected chi connectivity index (χ1v) is 9.48. The highest BCUT2D eigenvalue weighted by atomic mass is 35.5. The Morgan fingerprint density at radius 3 is 1.69 bits per heavy atom. The average molecular weight is 430 g/mol. The van der Waals surface area contributed by atoms with Gasteiger partial charge in [0.15, 0.2) is 0 Å². The Labute approximate surface area is 186 Å². The third-order valence-corrected chi connectivity index (χ3v) is 4.76. The predicted octanol–water partition coefficient (Wildman–Crippen LogP) is 4.93. The highest BCUT2D eigenvalue weighted by molar-refractivity contribution is 5.96. The van der Waals surface area contributed by atoms with Crippen LogP contribution in [0.4, 0.5) is 0 Å². The molecule has 3 aromatic carbocycles. The van der Waals surface area contributed by atoms with E-state index in [-0.39, 0.29) is 24.8 Å². The zero-order valence-corrected chi connectivity index (χ0v) is 18.1. The van der Waals surface area contributed by atoms with Crippen LogP contribution < -0.4 is 11.1 Å². The number of rotatable bonds is 8. The van der Waals surface area contributed by atoms with Crippen LogP contribution >= 0.6 is 24.8 Å². The van der Waals surface area contributed by atoms with Crippen molar-refractivity contribution in [3.63, 3.8) is 0 Å². The lowest BCUT2D eigenvalue weighted by atomic mass is 10.0. The van der Waals surface area contributed by atoms with Crippen molar-refractivity contribution in [3.05, 3.63) is 107 Å². The summed E-state index contributed by atoms with van der Waals surface area (Å²) in [7, 11) is 0. The summed E-state index contributed by atoms with van der Waals surface area (Å²) in [4.78, 5) is 0. The van der Waals surface area contributed by atoms with Crippen LogP contribution in [0.3, 0.4) is 0 Å². The van der Waals surface area contributed by atoms with Crippen molar-refractivity contribution in [2.24, 2.45) is 5.73 Å². The van der Waals surface area contributed by atoms with Crippen LogP contribution in [0.2, 0.25) is 0 Å². The molecule has 0 radical (unpaired) electrons. The molecule has 0 amide bonds. The molecule has 3 rings (SSSR count). The molecule has 154 valence electrons. The Morgan fingerprint density at radius 2 is 1.14 bits per heavy atom. The molecule has 3 nitrogen and oxygen atoms in total. The number of nitrogens with two attached hydrogens (primary N) is 1. The quantitative estimate of drug-likeness (QED) is 0.351. The van der Waals surface area contributed by atoms with Crippen LogP contribution in [0.5, 0.6) is 0 Å². The van der Waals surface area contributed by atoms with E-state index in [4.69, 9.17) is 11.1 Å². The zero-order chi connectivity index (χ0) is 18.9. The second kappa shape index (κ2) is 13.0. The standard InChI is InChI=1S/C24H27N3.2ClH/c25-18-22-10-8-20(9-11-22)6-7-21-12-14-23(15-13-21)24(26)27-17-16-19-4-2-1-3-5-19;;/h1-5,8-15H,6-7,16-18,25H2,(H2,26,27);2*1H. The van der Waals surface area contributed by atoms with Gasteiger partial charge in [-0.15, -0.1) is 24.8 Å². The van der Waals surface area contributed by atoms with E-state index in [1.165, 1.54) is 22.3 Å². The molecular weight excluding hydrogens is 401 g/mol. The molecular formula is C24H29Cl2N3. The summed E-state index contributed by atoms with van der Waals surface area (Å²) < 4.78 is 0. The van der Waals surface area contributed by atoms with Crippen LogP contribution in [0, 0.1) is 5.41 Å². The van der Waals surface area contributed by atoms with Gasteiger partial charge in [-0.3, -0.25) is 5.41 Å². The van der Waals surface area contributed by atoms with Crippen molar-refractivity contribution < 1.29 is 0 Å². The molecule has 0 aliphatic rings. The van der Waals surface area contributed by atoms with Gasteiger partial charge in [-0.05, 0) is 41.5 Å². The van der Waals surface area contributed by atoms with E-state index in [9.17, 15) is 0 Å². The SMILES string of the molecule is Cl.Cl.N=C(NCCc1ccccc1)c1ccc(CCc2ccc(CN)cc2)cc1. The van der Waals surface area contributed by atoms with Gasteiger partial charge < -0.3 is 11.1 Å². The molecule has 29 heavy (non-hydrogen) atoms. The van der Waals surface area contributed by atoms with E-state index in [1.807, 2.05) is 30.3 Å². The molecule has 0 heterocycles. The average Bonchev–Trinajstić information content (AvgIpc) is 2.73. The molecule has 0 saturated heterocycles. The molecule has 0 atom stereocenters. The number of aryl methyl sites for hydroxylation is 2. The third kappa shape index (κ3) is 7.90. The van der Waals surface area contributed by atoms with E-state index in [0.29, 0.717) is 12.4 Å². The number of hydrogen-bond donors (Lipinski definition) is 3. The van der Waals surface area contributed by atoms with Crippen molar-refractivity contribution in [3.8, 4) is 0 Å². The Morgan fingerprint density at radius 1 is 0.655 bits per heavy atom. The van der Waals surface area contributed by atoms with Crippen LogP contribution in [0.15, 0.2) is 78.9 Å². The number of amidine groups is 1. The fraction of sp³-hybridized carbons (Fsp3) is 0.208. The Balaban J connectivity index is 0.00000210. The molecule has 0 fully saturated rings. The van der Waals surface area contributed by atoms with E-state index in [2.05, 4.69) is 53.8 Å². The molecule has 0 saturated carbocycles. The molecule has 4 N–H and O–H groups in total. The highest BCUT2D eigenvalue weighted by Crippen LogP contribution is 2.11. The number of hydrogen-bond acceptors (Lipinski definition) is 2. The molecule has 0 unspecified atom stereocenters. The van der Waals surface area contributed by atoms with E-state index < -0.39 is 0 Å². The summed E-state index contributed by atoms with van der Waals surface area (Å²) in [5.41, 5.74) is 11.6. The minimum absolute atomic E-state index is 0. The minimum Gasteiger partial charge on any atom is -0.370 e.